The summed E-state index contributed by atoms with van der Waals surface area (Å²) in [6, 6.07) is 1.89. The summed E-state index contributed by atoms with van der Waals surface area (Å²) >= 11 is 2.93. The first-order valence-corrected chi connectivity index (χ1v) is 8.20. The lowest BCUT2D eigenvalue weighted by Gasteiger charge is -2.14. The summed E-state index contributed by atoms with van der Waals surface area (Å²) in [5.74, 6) is -3.77. The van der Waals surface area contributed by atoms with Crippen LogP contribution < -0.4 is 5.32 Å². The number of carbonyl (C=O) groups excluding carboxylic acids is 1. The van der Waals surface area contributed by atoms with Crippen LogP contribution >= 0.6 is 15.9 Å². The van der Waals surface area contributed by atoms with Gasteiger partial charge in [0.05, 0.1) is 5.56 Å². The van der Waals surface area contributed by atoms with Crippen molar-refractivity contribution in [2.75, 3.05) is 6.54 Å². The van der Waals surface area contributed by atoms with E-state index in [2.05, 4.69) is 21.2 Å². The Morgan fingerprint density at radius 3 is 2.48 bits per heavy atom. The van der Waals surface area contributed by atoms with E-state index in [9.17, 15) is 22.4 Å². The summed E-state index contributed by atoms with van der Waals surface area (Å²) in [6.45, 7) is 2.95. The van der Waals surface area contributed by atoms with Gasteiger partial charge >= 0.3 is 5.97 Å². The topological polar surface area (TPSA) is 101 Å². The van der Waals surface area contributed by atoms with E-state index in [0.29, 0.717) is 0 Å². The number of nitrogens with one attached hydrogen (secondary N) is 1. The van der Waals surface area contributed by atoms with Crippen LogP contribution in [0.25, 0.3) is 0 Å². The third-order valence-electron chi connectivity index (χ3n) is 2.73. The molecule has 0 aliphatic carbocycles. The minimum absolute atomic E-state index is 0.0861. The van der Waals surface area contributed by atoms with Crippen LogP contribution in [-0.2, 0) is 14.6 Å². The SMILES string of the molecule is CCNC(=O)C(C)S(=O)(=O)c1cc(Br)cc(C(=O)O)c1F. The molecule has 0 aliphatic rings. The molecule has 0 saturated carbocycles. The van der Waals surface area contributed by atoms with Gasteiger partial charge in [0, 0.05) is 11.0 Å². The van der Waals surface area contributed by atoms with Crippen LogP contribution in [0.1, 0.15) is 24.2 Å². The third kappa shape index (κ3) is 3.59. The molecule has 1 aromatic carbocycles. The second kappa shape index (κ2) is 6.52. The van der Waals surface area contributed by atoms with Gasteiger partial charge in [-0.2, -0.15) is 0 Å². The number of aromatic carboxylic acids is 1. The number of halogens is 2. The van der Waals surface area contributed by atoms with Gasteiger partial charge in [-0.05, 0) is 26.0 Å². The predicted octanol–water partition coefficient (Wildman–Crippen LogP) is 1.58. The fourth-order valence-corrected chi connectivity index (χ4v) is 3.58. The van der Waals surface area contributed by atoms with Crippen LogP contribution in [0.3, 0.4) is 0 Å². The summed E-state index contributed by atoms with van der Waals surface area (Å²) in [5, 5.41) is 9.66. The molecule has 0 bridgehead atoms. The number of carbonyl (C=O) groups is 2. The van der Waals surface area contributed by atoms with Gasteiger partial charge in [-0.25, -0.2) is 17.6 Å². The van der Waals surface area contributed by atoms with E-state index >= 15 is 0 Å². The normalized spacial score (nSPS) is 12.8. The van der Waals surface area contributed by atoms with Gasteiger partial charge in [-0.3, -0.25) is 4.79 Å². The zero-order valence-electron chi connectivity index (χ0n) is 11.2. The maximum Gasteiger partial charge on any atom is 0.338 e. The highest BCUT2D eigenvalue weighted by Crippen LogP contribution is 2.27. The Bertz CT molecular complexity index is 689. The zero-order valence-corrected chi connectivity index (χ0v) is 13.6. The summed E-state index contributed by atoms with van der Waals surface area (Å²) < 4.78 is 38.7. The summed E-state index contributed by atoms with van der Waals surface area (Å²) in [7, 11) is -4.35. The molecule has 1 amide bonds. The standard InChI is InChI=1S/C12H13BrFNO5S/c1-3-15-11(16)6(2)21(19,20)9-5-7(13)4-8(10(9)14)12(17)18/h4-6H,3H2,1-2H3,(H,15,16)(H,17,18). The second-order valence-corrected chi connectivity index (χ2v) is 7.31. The number of amides is 1. The van der Waals surface area contributed by atoms with E-state index in [-0.39, 0.29) is 11.0 Å². The monoisotopic (exact) mass is 381 g/mol. The molecule has 2 N–H and O–H groups in total. The Kier molecular flexibility index (Phi) is 5.46. The molecular formula is C12H13BrFNO5S. The molecule has 1 atom stereocenters. The fourth-order valence-electron chi connectivity index (χ4n) is 1.58. The van der Waals surface area contributed by atoms with Gasteiger partial charge < -0.3 is 10.4 Å². The third-order valence-corrected chi connectivity index (χ3v) is 5.24. The summed E-state index contributed by atoms with van der Waals surface area (Å²) in [4.78, 5) is 21.7. The van der Waals surface area contributed by atoms with Crippen molar-refractivity contribution >= 4 is 37.6 Å². The number of sulfone groups is 1. The highest BCUT2D eigenvalue weighted by atomic mass is 79.9. The molecule has 9 heteroatoms. The van der Waals surface area contributed by atoms with Crippen LogP contribution in [0.4, 0.5) is 4.39 Å². The molecule has 0 fully saturated rings. The van der Waals surface area contributed by atoms with Gasteiger partial charge in [0.1, 0.15) is 10.1 Å². The van der Waals surface area contributed by atoms with Crippen LogP contribution in [0.15, 0.2) is 21.5 Å². The summed E-state index contributed by atoms with van der Waals surface area (Å²) in [6.07, 6.45) is 0. The van der Waals surface area contributed by atoms with Gasteiger partial charge in [0.25, 0.3) is 0 Å². The van der Waals surface area contributed by atoms with Crippen LogP contribution in [0.2, 0.25) is 0 Å². The predicted molar refractivity (Wildman–Crippen MR) is 76.4 cm³/mol. The molecule has 0 aromatic heterocycles. The first-order chi connectivity index (χ1) is 9.62. The van der Waals surface area contributed by atoms with Crippen molar-refractivity contribution < 1.29 is 27.5 Å². The Hall–Kier alpha value is -1.48. The number of carboxylic acids is 1. The van der Waals surface area contributed by atoms with Gasteiger partial charge in [0.15, 0.2) is 15.7 Å². The average Bonchev–Trinajstić information content (AvgIpc) is 2.39. The fraction of sp³-hybridized carbons (Fsp3) is 0.333. The van der Waals surface area contributed by atoms with Crippen molar-refractivity contribution in [3.63, 3.8) is 0 Å². The minimum atomic E-state index is -4.35. The molecule has 1 rings (SSSR count). The molecule has 0 spiro atoms. The lowest BCUT2D eigenvalue weighted by atomic mass is 10.2. The molecule has 0 saturated heterocycles. The highest BCUT2D eigenvalue weighted by Gasteiger charge is 2.33. The number of hydrogen-bond donors (Lipinski definition) is 2. The Labute approximate surface area is 129 Å². The molecule has 116 valence electrons. The Morgan fingerprint density at radius 1 is 1.43 bits per heavy atom. The maximum atomic E-state index is 14.1. The molecule has 1 unspecified atom stereocenters. The van der Waals surface area contributed by atoms with Crippen molar-refractivity contribution in [3.05, 3.63) is 28.0 Å². The molecule has 21 heavy (non-hydrogen) atoms. The first kappa shape index (κ1) is 17.6. The van der Waals surface area contributed by atoms with E-state index < -0.39 is 43.2 Å². The van der Waals surface area contributed by atoms with Crippen molar-refractivity contribution in [2.45, 2.75) is 24.0 Å². The average molecular weight is 382 g/mol. The molecule has 0 heterocycles. The van der Waals surface area contributed by atoms with Crippen molar-refractivity contribution in [1.29, 1.82) is 0 Å². The zero-order chi connectivity index (χ0) is 16.4. The van der Waals surface area contributed by atoms with E-state index in [1.54, 1.807) is 6.92 Å². The van der Waals surface area contributed by atoms with Crippen LogP contribution in [0.5, 0.6) is 0 Å². The van der Waals surface area contributed by atoms with Gasteiger partial charge in [0.2, 0.25) is 5.91 Å². The number of carboxylic acid groups (broad SMARTS) is 1. The number of rotatable bonds is 5. The molecular weight excluding hydrogens is 369 g/mol. The van der Waals surface area contributed by atoms with E-state index in [4.69, 9.17) is 5.11 Å². The largest absolute Gasteiger partial charge is 0.478 e. The van der Waals surface area contributed by atoms with Crippen LogP contribution in [0, 0.1) is 5.82 Å². The van der Waals surface area contributed by atoms with Gasteiger partial charge in [-0.1, -0.05) is 15.9 Å². The number of hydrogen-bond acceptors (Lipinski definition) is 4. The second-order valence-electron chi connectivity index (χ2n) is 4.15. The molecule has 0 aliphatic heterocycles. The van der Waals surface area contributed by atoms with Crippen LogP contribution in [-0.4, -0.2) is 37.2 Å². The van der Waals surface area contributed by atoms with Crippen molar-refractivity contribution in [1.82, 2.24) is 5.32 Å². The molecule has 6 nitrogen and oxygen atoms in total. The Morgan fingerprint density at radius 2 is 2.00 bits per heavy atom. The van der Waals surface area contributed by atoms with Gasteiger partial charge in [-0.15, -0.1) is 0 Å². The van der Waals surface area contributed by atoms with Crippen molar-refractivity contribution in [2.24, 2.45) is 0 Å². The van der Waals surface area contributed by atoms with E-state index in [1.165, 1.54) is 0 Å². The lowest BCUT2D eigenvalue weighted by Crippen LogP contribution is -2.38. The number of benzene rings is 1. The quantitative estimate of drug-likeness (QED) is 0.806. The molecule has 0 radical (unpaired) electrons. The molecule has 1 aromatic rings. The lowest BCUT2D eigenvalue weighted by molar-refractivity contribution is -0.120. The van der Waals surface area contributed by atoms with E-state index in [0.717, 1.165) is 19.1 Å². The minimum Gasteiger partial charge on any atom is -0.478 e. The maximum absolute atomic E-state index is 14.1. The summed E-state index contributed by atoms with van der Waals surface area (Å²) in [5.41, 5.74) is -0.786. The Balaban J connectivity index is 3.45. The highest BCUT2D eigenvalue weighted by molar-refractivity contribution is 9.10. The van der Waals surface area contributed by atoms with Crippen molar-refractivity contribution in [3.8, 4) is 0 Å². The smallest absolute Gasteiger partial charge is 0.338 e. The first-order valence-electron chi connectivity index (χ1n) is 5.86. The van der Waals surface area contributed by atoms with E-state index in [1.807, 2.05) is 0 Å².